The molecule has 2 saturated heterocycles. The number of aromatic nitrogens is 5. The van der Waals surface area contributed by atoms with E-state index >= 15 is 0 Å². The van der Waals surface area contributed by atoms with Gasteiger partial charge in [0.1, 0.15) is 24.1 Å². The van der Waals surface area contributed by atoms with Crippen molar-refractivity contribution in [3.05, 3.63) is 29.2 Å². The lowest BCUT2D eigenvalue weighted by atomic mass is 9.95. The number of rotatable bonds is 4. The molecule has 4 heterocycles. The third-order valence-corrected chi connectivity index (χ3v) is 5.52. The van der Waals surface area contributed by atoms with Gasteiger partial charge in [-0.2, -0.15) is 0 Å². The van der Waals surface area contributed by atoms with Crippen molar-refractivity contribution >= 4 is 5.82 Å². The van der Waals surface area contributed by atoms with Crippen molar-refractivity contribution in [3.8, 4) is 0 Å². The molecule has 0 radical (unpaired) electrons. The van der Waals surface area contributed by atoms with Gasteiger partial charge in [-0.05, 0) is 26.2 Å². The van der Waals surface area contributed by atoms with E-state index in [1.54, 1.807) is 0 Å². The summed E-state index contributed by atoms with van der Waals surface area (Å²) in [6.07, 6.45) is 3.04. The van der Waals surface area contributed by atoms with Gasteiger partial charge >= 0.3 is 0 Å². The first-order valence-electron chi connectivity index (χ1n) is 9.33. The van der Waals surface area contributed by atoms with Crippen molar-refractivity contribution in [3.63, 3.8) is 0 Å². The Morgan fingerprint density at radius 2 is 1.96 bits per heavy atom. The molecule has 8 nitrogen and oxygen atoms in total. The van der Waals surface area contributed by atoms with Crippen LogP contribution in [0.4, 0.5) is 5.82 Å². The minimum absolute atomic E-state index is 0.0732. The maximum absolute atomic E-state index is 9.31. The van der Waals surface area contributed by atoms with Crippen LogP contribution < -0.4 is 4.90 Å². The van der Waals surface area contributed by atoms with Crippen LogP contribution in [0, 0.1) is 6.92 Å². The average Bonchev–Trinajstić information content (AvgIpc) is 3.31. The summed E-state index contributed by atoms with van der Waals surface area (Å²) in [5.74, 6) is 4.20. The van der Waals surface area contributed by atoms with Gasteiger partial charge in [-0.15, -0.1) is 10.2 Å². The predicted molar refractivity (Wildman–Crippen MR) is 96.1 cm³/mol. The molecular weight excluding hydrogens is 332 g/mol. The van der Waals surface area contributed by atoms with Crippen LogP contribution >= 0.6 is 0 Å². The number of nitrogens with zero attached hydrogens (tertiary/aromatic N) is 6. The zero-order valence-corrected chi connectivity index (χ0v) is 15.4. The Balaban J connectivity index is 1.46. The molecule has 8 heteroatoms. The molecule has 4 rings (SSSR count). The Kier molecular flexibility index (Phi) is 4.86. The van der Waals surface area contributed by atoms with Gasteiger partial charge in [0.2, 0.25) is 0 Å². The maximum atomic E-state index is 9.31. The van der Waals surface area contributed by atoms with Gasteiger partial charge in [0.05, 0.1) is 12.3 Å². The number of ether oxygens (including phenoxy) is 1. The molecule has 0 aliphatic carbocycles. The summed E-state index contributed by atoms with van der Waals surface area (Å²) in [4.78, 5) is 11.6. The molecule has 1 atom stereocenters. The highest BCUT2D eigenvalue weighted by Gasteiger charge is 2.27. The van der Waals surface area contributed by atoms with Gasteiger partial charge < -0.3 is 19.3 Å². The van der Waals surface area contributed by atoms with Crippen LogP contribution in [-0.2, 0) is 18.4 Å². The van der Waals surface area contributed by atoms with Crippen molar-refractivity contribution in [2.45, 2.75) is 44.6 Å². The third-order valence-electron chi connectivity index (χ3n) is 5.52. The second-order valence-corrected chi connectivity index (χ2v) is 7.21. The molecule has 0 saturated carbocycles. The number of aliphatic hydroxyl groups is 1. The first-order valence-corrected chi connectivity index (χ1v) is 9.33. The summed E-state index contributed by atoms with van der Waals surface area (Å²) in [5.41, 5.74) is 1.10. The molecule has 26 heavy (non-hydrogen) atoms. The summed E-state index contributed by atoms with van der Waals surface area (Å²) in [6, 6.07) is 2.14. The largest absolute Gasteiger partial charge is 0.388 e. The number of piperidine rings is 1. The Bertz CT molecular complexity index is 763. The highest BCUT2D eigenvalue weighted by atomic mass is 16.5. The fourth-order valence-electron chi connectivity index (χ4n) is 3.95. The molecule has 0 bridgehead atoms. The number of anilines is 1. The second kappa shape index (κ2) is 7.28. The molecule has 2 fully saturated rings. The monoisotopic (exact) mass is 358 g/mol. The molecule has 0 spiro atoms. The van der Waals surface area contributed by atoms with Crippen LogP contribution in [0.15, 0.2) is 6.07 Å². The van der Waals surface area contributed by atoms with E-state index in [4.69, 9.17) is 4.74 Å². The van der Waals surface area contributed by atoms with E-state index in [0.29, 0.717) is 17.7 Å². The van der Waals surface area contributed by atoms with Crippen LogP contribution in [0.5, 0.6) is 0 Å². The first-order chi connectivity index (χ1) is 12.7. The van der Waals surface area contributed by atoms with Gasteiger partial charge in [0.15, 0.2) is 5.82 Å². The van der Waals surface area contributed by atoms with E-state index in [1.165, 1.54) is 0 Å². The predicted octanol–water partition coefficient (Wildman–Crippen LogP) is 1.29. The summed E-state index contributed by atoms with van der Waals surface area (Å²) in [5, 5.41) is 17.7. The van der Waals surface area contributed by atoms with Crippen LogP contribution in [0.1, 0.15) is 54.3 Å². The summed E-state index contributed by atoms with van der Waals surface area (Å²) in [6.45, 7) is 5.34. The quantitative estimate of drug-likeness (QED) is 0.881. The summed E-state index contributed by atoms with van der Waals surface area (Å²) >= 11 is 0. The second-order valence-electron chi connectivity index (χ2n) is 7.21. The molecule has 140 valence electrons. The molecule has 2 aliphatic heterocycles. The summed E-state index contributed by atoms with van der Waals surface area (Å²) in [7, 11) is 1.93. The van der Waals surface area contributed by atoms with Crippen molar-refractivity contribution < 1.29 is 9.84 Å². The maximum Gasteiger partial charge on any atom is 0.158 e. The molecule has 2 aromatic rings. The Morgan fingerprint density at radius 3 is 2.62 bits per heavy atom. The Labute approximate surface area is 153 Å². The summed E-state index contributed by atoms with van der Waals surface area (Å²) < 4.78 is 7.44. The van der Waals surface area contributed by atoms with Crippen LogP contribution in [-0.4, -0.2) is 56.1 Å². The van der Waals surface area contributed by atoms with Gasteiger partial charge in [-0.25, -0.2) is 9.97 Å². The zero-order valence-electron chi connectivity index (χ0n) is 15.4. The number of hydrogen-bond acceptors (Lipinski definition) is 7. The van der Waals surface area contributed by atoms with Gasteiger partial charge in [0, 0.05) is 44.6 Å². The number of aliphatic hydroxyl groups excluding tert-OH is 1. The van der Waals surface area contributed by atoms with Crippen molar-refractivity contribution in [1.29, 1.82) is 0 Å². The molecule has 0 amide bonds. The topological polar surface area (TPSA) is 89.2 Å². The van der Waals surface area contributed by atoms with E-state index in [1.807, 2.05) is 18.5 Å². The van der Waals surface area contributed by atoms with Crippen molar-refractivity contribution in [2.75, 3.05) is 31.2 Å². The molecule has 2 aromatic heterocycles. The molecular formula is C18H26N6O2. The third kappa shape index (κ3) is 3.31. The molecule has 2 aliphatic rings. The zero-order chi connectivity index (χ0) is 18.1. The Hall–Kier alpha value is -2.06. The number of aryl methyl sites for hydroxylation is 1. The molecule has 1 N–H and O–H groups in total. The molecule has 1 unspecified atom stereocenters. The van der Waals surface area contributed by atoms with Crippen LogP contribution in [0.2, 0.25) is 0 Å². The van der Waals surface area contributed by atoms with E-state index in [2.05, 4.69) is 31.1 Å². The van der Waals surface area contributed by atoms with Gasteiger partial charge in [0.25, 0.3) is 0 Å². The van der Waals surface area contributed by atoms with E-state index in [0.717, 1.165) is 68.7 Å². The van der Waals surface area contributed by atoms with Crippen LogP contribution in [0.25, 0.3) is 0 Å². The highest BCUT2D eigenvalue weighted by molar-refractivity contribution is 5.41. The van der Waals surface area contributed by atoms with Crippen LogP contribution in [0.3, 0.4) is 0 Å². The first kappa shape index (κ1) is 17.4. The van der Waals surface area contributed by atoms with Gasteiger partial charge in [-0.3, -0.25) is 0 Å². The van der Waals surface area contributed by atoms with E-state index < -0.39 is 0 Å². The van der Waals surface area contributed by atoms with E-state index in [-0.39, 0.29) is 6.61 Å². The van der Waals surface area contributed by atoms with Crippen molar-refractivity contribution in [1.82, 2.24) is 24.7 Å². The highest BCUT2D eigenvalue weighted by Crippen LogP contribution is 2.31. The van der Waals surface area contributed by atoms with Gasteiger partial charge in [-0.1, -0.05) is 0 Å². The minimum Gasteiger partial charge on any atom is -0.388 e. The fraction of sp³-hybridized carbons (Fsp3) is 0.667. The van der Waals surface area contributed by atoms with Crippen molar-refractivity contribution in [2.24, 2.45) is 7.05 Å². The normalized spacial score (nSPS) is 21.5. The SMILES string of the molecule is Cc1nc(C2CCOC2)cc(N2CCC(c3nnc(CO)n3C)CC2)n1. The Morgan fingerprint density at radius 1 is 1.15 bits per heavy atom. The molecule has 0 aromatic carbocycles. The smallest absolute Gasteiger partial charge is 0.158 e. The lowest BCUT2D eigenvalue weighted by molar-refractivity contribution is 0.193. The fourth-order valence-corrected chi connectivity index (χ4v) is 3.95. The standard InChI is InChI=1S/C18H26N6O2/c1-12-19-15(14-5-8-26-11-14)9-16(20-12)24-6-3-13(4-7-24)18-22-21-17(10-25)23(18)2/h9,13-14,25H,3-8,10-11H2,1-2H3. The average molecular weight is 358 g/mol. The lowest BCUT2D eigenvalue weighted by Gasteiger charge is -2.32. The number of hydrogen-bond donors (Lipinski definition) is 1. The lowest BCUT2D eigenvalue weighted by Crippen LogP contribution is -2.34. The minimum atomic E-state index is -0.0732. The van der Waals surface area contributed by atoms with E-state index in [9.17, 15) is 5.11 Å².